The zero-order chi connectivity index (χ0) is 19.7. The molecule has 0 spiro atoms. The molecule has 0 aliphatic heterocycles. The lowest BCUT2D eigenvalue weighted by molar-refractivity contribution is -0.131. The van der Waals surface area contributed by atoms with E-state index in [9.17, 15) is 9.90 Å². The number of aromatic nitrogens is 3. The van der Waals surface area contributed by atoms with E-state index in [4.69, 9.17) is 4.42 Å². The van der Waals surface area contributed by atoms with Crippen LogP contribution in [0.3, 0.4) is 0 Å². The molecule has 0 atom stereocenters. The van der Waals surface area contributed by atoms with Crippen molar-refractivity contribution in [3.05, 3.63) is 76.7 Å². The summed E-state index contributed by atoms with van der Waals surface area (Å²) in [6.45, 7) is 3.93. The number of hydrogen-bond acceptors (Lipinski definition) is 5. The normalized spacial score (nSPS) is 11.9. The first-order chi connectivity index (χ1) is 13.5. The summed E-state index contributed by atoms with van der Waals surface area (Å²) in [5.41, 5.74) is 5.01. The van der Waals surface area contributed by atoms with Gasteiger partial charge in [-0.25, -0.2) is 9.78 Å². The number of benzene rings is 1. The zero-order valence-corrected chi connectivity index (χ0v) is 16.1. The summed E-state index contributed by atoms with van der Waals surface area (Å²) < 4.78 is 7.69. The first-order valence-corrected chi connectivity index (χ1v) is 9.42. The molecule has 7 heteroatoms. The highest BCUT2D eigenvalue weighted by molar-refractivity contribution is 8.03. The topological polar surface area (TPSA) is 81.1 Å². The fourth-order valence-corrected chi connectivity index (χ4v) is 3.82. The lowest BCUT2D eigenvalue weighted by Crippen LogP contribution is -2.00. The third kappa shape index (κ3) is 3.44. The number of carbonyl (C=O) groups is 1. The van der Waals surface area contributed by atoms with Gasteiger partial charge in [0.25, 0.3) is 5.22 Å². The van der Waals surface area contributed by atoms with E-state index in [2.05, 4.69) is 9.97 Å². The second kappa shape index (κ2) is 7.36. The van der Waals surface area contributed by atoms with Gasteiger partial charge in [0.1, 0.15) is 10.4 Å². The first kappa shape index (κ1) is 18.1. The maximum Gasteiger partial charge on any atom is 0.342 e. The van der Waals surface area contributed by atoms with Crippen LogP contribution >= 0.6 is 11.8 Å². The molecule has 0 unspecified atom stereocenters. The highest BCUT2D eigenvalue weighted by Gasteiger charge is 2.17. The van der Waals surface area contributed by atoms with Crippen LogP contribution < -0.4 is 0 Å². The van der Waals surface area contributed by atoms with Gasteiger partial charge in [0, 0.05) is 17.6 Å². The molecule has 0 aliphatic carbocycles. The Hall–Kier alpha value is -3.32. The van der Waals surface area contributed by atoms with Crippen molar-refractivity contribution in [3.8, 4) is 5.69 Å². The van der Waals surface area contributed by atoms with Crippen LogP contribution in [0.15, 0.2) is 69.4 Å². The van der Waals surface area contributed by atoms with Crippen LogP contribution in [-0.4, -0.2) is 25.6 Å². The van der Waals surface area contributed by atoms with E-state index in [1.807, 2.05) is 54.8 Å². The average molecular weight is 391 g/mol. The Morgan fingerprint density at radius 1 is 1.21 bits per heavy atom. The maximum atomic E-state index is 11.8. The van der Waals surface area contributed by atoms with Crippen LogP contribution in [-0.2, 0) is 4.79 Å². The Balaban J connectivity index is 1.71. The number of hydrogen-bond donors (Lipinski definition) is 1. The Bertz CT molecular complexity index is 1160. The molecule has 0 bridgehead atoms. The molecule has 28 heavy (non-hydrogen) atoms. The van der Waals surface area contributed by atoms with Crippen LogP contribution in [0, 0.1) is 13.8 Å². The monoisotopic (exact) mass is 391 g/mol. The Morgan fingerprint density at radius 3 is 2.75 bits per heavy atom. The summed E-state index contributed by atoms with van der Waals surface area (Å²) in [5.74, 6) is -1.03. The number of rotatable bonds is 5. The zero-order valence-electron chi connectivity index (χ0n) is 15.3. The number of aryl methyl sites for hydroxylation is 1. The highest BCUT2D eigenvalue weighted by Crippen LogP contribution is 2.32. The molecular weight excluding hydrogens is 374 g/mol. The van der Waals surface area contributed by atoms with Gasteiger partial charge in [0.2, 0.25) is 0 Å². The number of para-hydroxylation sites is 2. The summed E-state index contributed by atoms with van der Waals surface area (Å²) >= 11 is 0.999. The largest absolute Gasteiger partial charge is 0.477 e. The van der Waals surface area contributed by atoms with Gasteiger partial charge in [-0.05, 0) is 67.6 Å². The summed E-state index contributed by atoms with van der Waals surface area (Å²) in [4.78, 5) is 20.5. The molecule has 4 rings (SSSR count). The number of carboxylic acid groups (broad SMARTS) is 1. The number of aliphatic carboxylic acids is 1. The molecule has 0 aliphatic rings. The van der Waals surface area contributed by atoms with E-state index in [0.717, 1.165) is 34.4 Å². The molecule has 4 aromatic rings. The third-order valence-corrected chi connectivity index (χ3v) is 5.20. The summed E-state index contributed by atoms with van der Waals surface area (Å²) in [6, 6.07) is 13.1. The van der Waals surface area contributed by atoms with Crippen molar-refractivity contribution >= 4 is 34.9 Å². The van der Waals surface area contributed by atoms with E-state index < -0.39 is 5.97 Å². The van der Waals surface area contributed by atoms with Crippen LogP contribution in [0.25, 0.3) is 22.9 Å². The molecule has 0 radical (unpaired) electrons. The average Bonchev–Trinajstić information content (AvgIpc) is 3.21. The third-order valence-electron chi connectivity index (χ3n) is 4.34. The Morgan fingerprint density at radius 2 is 2.04 bits per heavy atom. The molecule has 3 aromatic heterocycles. The van der Waals surface area contributed by atoms with Crippen LogP contribution in [0.4, 0.5) is 0 Å². The first-order valence-electron chi connectivity index (χ1n) is 8.60. The van der Waals surface area contributed by atoms with Crippen LogP contribution in [0.1, 0.15) is 17.0 Å². The minimum atomic E-state index is -1.03. The van der Waals surface area contributed by atoms with Gasteiger partial charge in [0.05, 0.1) is 11.9 Å². The smallest absolute Gasteiger partial charge is 0.342 e. The quantitative estimate of drug-likeness (QED) is 0.387. The fraction of sp³-hybridized carbons (Fsp3) is 0.0952. The molecule has 0 saturated carbocycles. The van der Waals surface area contributed by atoms with Gasteiger partial charge in [-0.2, -0.15) is 0 Å². The number of carboxylic acids is 1. The predicted molar refractivity (Wildman–Crippen MR) is 109 cm³/mol. The van der Waals surface area contributed by atoms with Gasteiger partial charge in [-0.1, -0.05) is 12.1 Å². The molecule has 0 amide bonds. The van der Waals surface area contributed by atoms with Crippen molar-refractivity contribution in [2.45, 2.75) is 19.1 Å². The standard InChI is InChI=1S/C21H17N3O3S/c1-13-10-15(14(2)24(13)16-6-5-9-22-12-16)11-19(20(25)26)28-21-23-17-7-3-4-8-18(17)27-21/h3-12H,1-2H3,(H,25,26)/b19-11-. The predicted octanol–water partition coefficient (Wildman–Crippen LogP) is 4.85. The Labute approximate surface area is 165 Å². The maximum absolute atomic E-state index is 11.8. The molecule has 6 nitrogen and oxygen atoms in total. The minimum absolute atomic E-state index is 0.137. The van der Waals surface area contributed by atoms with Crippen molar-refractivity contribution in [2.75, 3.05) is 0 Å². The molecule has 1 aromatic carbocycles. The van der Waals surface area contributed by atoms with Crippen molar-refractivity contribution < 1.29 is 14.3 Å². The van der Waals surface area contributed by atoms with Gasteiger partial charge in [0.15, 0.2) is 5.58 Å². The highest BCUT2D eigenvalue weighted by atomic mass is 32.2. The van der Waals surface area contributed by atoms with Gasteiger partial charge < -0.3 is 14.1 Å². The Kier molecular flexibility index (Phi) is 4.75. The van der Waals surface area contributed by atoms with Gasteiger partial charge >= 0.3 is 5.97 Å². The summed E-state index contributed by atoms with van der Waals surface area (Å²) in [7, 11) is 0. The minimum Gasteiger partial charge on any atom is -0.477 e. The molecule has 140 valence electrons. The molecule has 0 fully saturated rings. The fourth-order valence-electron chi connectivity index (χ4n) is 3.08. The second-order valence-electron chi connectivity index (χ2n) is 6.24. The van der Waals surface area contributed by atoms with Crippen molar-refractivity contribution in [2.24, 2.45) is 0 Å². The number of fused-ring (bicyclic) bond motifs is 1. The number of thioether (sulfide) groups is 1. The number of nitrogens with zero attached hydrogens (tertiary/aromatic N) is 3. The summed E-state index contributed by atoms with van der Waals surface area (Å²) in [5, 5.41) is 9.98. The molecule has 1 N–H and O–H groups in total. The number of pyridine rings is 1. The van der Waals surface area contributed by atoms with E-state index in [-0.39, 0.29) is 4.91 Å². The second-order valence-corrected chi connectivity index (χ2v) is 7.23. The van der Waals surface area contributed by atoms with Gasteiger partial charge in [-0.15, -0.1) is 0 Å². The lowest BCUT2D eigenvalue weighted by atomic mass is 10.2. The summed E-state index contributed by atoms with van der Waals surface area (Å²) in [6.07, 6.45) is 5.15. The van der Waals surface area contributed by atoms with E-state index in [0.29, 0.717) is 16.3 Å². The lowest BCUT2D eigenvalue weighted by Gasteiger charge is -2.08. The molecular formula is C21H17N3O3S. The van der Waals surface area contributed by atoms with Crippen molar-refractivity contribution in [1.29, 1.82) is 0 Å². The van der Waals surface area contributed by atoms with E-state index in [1.54, 1.807) is 24.5 Å². The van der Waals surface area contributed by atoms with E-state index in [1.165, 1.54) is 0 Å². The van der Waals surface area contributed by atoms with E-state index >= 15 is 0 Å². The molecule has 0 saturated heterocycles. The van der Waals surface area contributed by atoms with Crippen LogP contribution in [0.2, 0.25) is 0 Å². The SMILES string of the molecule is Cc1cc(/C=C(\Sc2nc3ccccc3o2)C(=O)O)c(C)n1-c1cccnc1. The van der Waals surface area contributed by atoms with Crippen LogP contribution in [0.5, 0.6) is 0 Å². The van der Waals surface area contributed by atoms with Crippen molar-refractivity contribution in [1.82, 2.24) is 14.5 Å². The number of oxazole rings is 1. The van der Waals surface area contributed by atoms with Gasteiger partial charge in [-0.3, -0.25) is 4.98 Å². The van der Waals surface area contributed by atoms with Crippen molar-refractivity contribution in [3.63, 3.8) is 0 Å². The molecule has 3 heterocycles.